The number of halogens is 1. The fourth-order valence-corrected chi connectivity index (χ4v) is 9.53. The van der Waals surface area contributed by atoms with Crippen molar-refractivity contribution in [1.29, 1.82) is 0 Å². The van der Waals surface area contributed by atoms with Gasteiger partial charge in [0.05, 0.1) is 44.0 Å². The first-order valence-corrected chi connectivity index (χ1v) is 25.0. The van der Waals surface area contributed by atoms with Crippen molar-refractivity contribution in [3.05, 3.63) is 36.0 Å². The summed E-state index contributed by atoms with van der Waals surface area (Å²) in [5.74, 6) is -7.79. The molecule has 0 aromatic carbocycles. The van der Waals surface area contributed by atoms with E-state index < -0.39 is 151 Å². The normalized spacial score (nSPS) is 35.3. The summed E-state index contributed by atoms with van der Waals surface area (Å²) in [6.07, 6.45) is -3.84. The minimum Gasteiger partial charge on any atom is -0.463 e. The van der Waals surface area contributed by atoms with E-state index in [1.165, 1.54) is 47.1 Å². The van der Waals surface area contributed by atoms with Gasteiger partial charge in [-0.2, -0.15) is 0 Å². The van der Waals surface area contributed by atoms with Gasteiger partial charge in [0.15, 0.2) is 30.6 Å². The first-order chi connectivity index (χ1) is 34.0. The van der Waals surface area contributed by atoms with E-state index in [2.05, 4.69) is 0 Å². The number of hydrogen-bond acceptors (Lipinski definition) is 20. The Morgan fingerprint density at radius 1 is 0.792 bits per heavy atom. The molecule has 21 heteroatoms. The van der Waals surface area contributed by atoms with Crippen molar-refractivity contribution in [2.24, 2.45) is 23.7 Å². The van der Waals surface area contributed by atoms with Crippen molar-refractivity contribution in [3.8, 4) is 0 Å². The molecule has 0 amide bonds. The van der Waals surface area contributed by atoms with E-state index in [0.29, 0.717) is 5.57 Å². The van der Waals surface area contributed by atoms with Crippen molar-refractivity contribution < 1.29 is 90.4 Å². The van der Waals surface area contributed by atoms with E-state index in [4.69, 9.17) is 68.4 Å². The predicted molar refractivity (Wildman–Crippen MR) is 259 cm³/mol. The lowest BCUT2D eigenvalue weighted by atomic mass is 9.79. The molecule has 0 saturated carbocycles. The summed E-state index contributed by atoms with van der Waals surface area (Å²) in [4.78, 5) is 93.2. The number of nitrogens with zero attached hydrogens (tertiary/aromatic N) is 1. The number of hydrogen-bond donors (Lipinski definition) is 0. The second kappa shape index (κ2) is 30.2. The van der Waals surface area contributed by atoms with Gasteiger partial charge in [0.2, 0.25) is 0 Å². The van der Waals surface area contributed by atoms with E-state index in [-0.39, 0.29) is 38.3 Å². The monoisotopic (exact) mass is 1040 g/mol. The average molecular weight is 1040 g/mol. The summed E-state index contributed by atoms with van der Waals surface area (Å²) in [5.41, 5.74) is 0.636. The molecular weight excluding hydrogens is 966 g/mol. The standard InChI is InChI=1S/C51H78ClNO19/c1-15-38-36(26-64-50-49(62-14)48(61-13)46(31(7)65-50)68-33(9)55)22-27(3)20-21-37(57)28(4)23-35(18-17-19-40(58)63-16-2)44(29(5)39(24-41(59)70-38)71-42(60)25-52)72-51-47(69-34(10)56)43(53(11)12)45(30(6)66-51)67-32(8)54/h17,19-22,28-31,35-36,38-39,43-51H,15-16,18,23-26H2,1-14H3/b19-17+,21-20+,27-22+/t28-,29+,30+,31-,35+,36-,38-,39+,43-,44-,45+,46-,47+,48-,49-,50-,51-/m1/s1. The van der Waals surface area contributed by atoms with E-state index in [9.17, 15) is 33.6 Å². The third-order valence-corrected chi connectivity index (χ3v) is 13.1. The molecule has 0 radical (unpaired) electrons. The number of ketones is 1. The number of carbonyl (C=O) groups is 7. The van der Waals surface area contributed by atoms with Crippen LogP contribution < -0.4 is 0 Å². The van der Waals surface area contributed by atoms with E-state index >= 15 is 0 Å². The molecule has 17 atom stereocenters. The van der Waals surface area contributed by atoms with Gasteiger partial charge in [-0.25, -0.2) is 4.79 Å². The highest BCUT2D eigenvalue weighted by molar-refractivity contribution is 6.26. The molecule has 3 aliphatic rings. The molecule has 20 nitrogen and oxygen atoms in total. The third-order valence-electron chi connectivity index (χ3n) is 12.9. The maximum atomic E-state index is 14.4. The van der Waals surface area contributed by atoms with E-state index in [0.717, 1.165) is 0 Å². The molecule has 3 heterocycles. The second-order valence-corrected chi connectivity index (χ2v) is 19.0. The summed E-state index contributed by atoms with van der Waals surface area (Å²) in [6.45, 7) is 15.9. The summed E-state index contributed by atoms with van der Waals surface area (Å²) < 4.78 is 71.9. The lowest BCUT2D eigenvalue weighted by Gasteiger charge is -2.48. The topological polar surface area (TPSA) is 233 Å². The SMILES string of the molecule is CCOC(=O)/C=C/C[C@H]1C[C@@H](C)C(=O)/C=C/C(C)=C/[C@H](CO[C@@H]2O[C@H](C)[C@@H](OC(C)=O)[C@@H](OC)[C@H]2OC)[C@@H](CC)OC(=O)C[C@H](OC(=O)CCl)[C@H](C)[C@H]1O[C@H]1O[C@@H](C)[C@H](OC(C)=O)[C@@H](N(C)C)[C@@H]1OC(C)=O. The lowest BCUT2D eigenvalue weighted by molar-refractivity contribution is -0.308. The summed E-state index contributed by atoms with van der Waals surface area (Å²) in [6, 6.07) is -0.799. The molecule has 0 aliphatic carbocycles. The van der Waals surface area contributed by atoms with Crippen LogP contribution in [0.3, 0.4) is 0 Å². The van der Waals surface area contributed by atoms with Gasteiger partial charge in [0.25, 0.3) is 0 Å². The highest BCUT2D eigenvalue weighted by Gasteiger charge is 2.52. The van der Waals surface area contributed by atoms with E-state index in [1.807, 2.05) is 13.0 Å². The van der Waals surface area contributed by atoms with Gasteiger partial charge in [-0.05, 0) is 73.0 Å². The summed E-state index contributed by atoms with van der Waals surface area (Å²) in [7, 11) is 6.34. The molecule has 2 fully saturated rings. The van der Waals surface area contributed by atoms with Crippen molar-refractivity contribution in [1.82, 2.24) is 4.90 Å². The Balaban J connectivity index is 2.22. The molecule has 0 unspecified atom stereocenters. The molecule has 3 rings (SSSR count). The first kappa shape index (κ1) is 62.0. The average Bonchev–Trinajstić information content (AvgIpc) is 3.30. The zero-order chi connectivity index (χ0) is 54.0. The third kappa shape index (κ3) is 18.3. The van der Waals surface area contributed by atoms with Crippen LogP contribution in [0.2, 0.25) is 0 Å². The Morgan fingerprint density at radius 3 is 1.96 bits per heavy atom. The Kier molecular flexibility index (Phi) is 26.0. The molecule has 3 aliphatic heterocycles. The number of cyclic esters (lactones) is 1. The van der Waals surface area contributed by atoms with Crippen LogP contribution in [-0.4, -0.2) is 174 Å². The lowest BCUT2D eigenvalue weighted by Crippen LogP contribution is -2.65. The zero-order valence-corrected chi connectivity index (χ0v) is 45.0. The van der Waals surface area contributed by atoms with Crippen LogP contribution in [0, 0.1) is 23.7 Å². The largest absolute Gasteiger partial charge is 0.463 e. The van der Waals surface area contributed by atoms with Gasteiger partial charge in [0.1, 0.15) is 36.4 Å². The van der Waals surface area contributed by atoms with E-state index in [1.54, 1.807) is 72.7 Å². The quantitative estimate of drug-likeness (QED) is 0.0762. The smallest absolute Gasteiger partial charge is 0.330 e. The Hall–Kier alpha value is -4.28. The maximum absolute atomic E-state index is 14.4. The number of rotatable bonds is 18. The number of likely N-dealkylation sites (N-methyl/N-ethyl adjacent to an activating group) is 1. The van der Waals surface area contributed by atoms with Gasteiger partial charge < -0.3 is 56.8 Å². The number of esters is 6. The minimum atomic E-state index is -1.36. The molecule has 0 N–H and O–H groups in total. The van der Waals surface area contributed by atoms with Gasteiger partial charge in [-0.3, -0.25) is 33.7 Å². The number of ether oxygens (including phenoxy) is 12. The van der Waals surface area contributed by atoms with Crippen LogP contribution in [-0.2, 0) is 90.4 Å². The molecule has 0 aromatic rings. The molecule has 0 bridgehead atoms. The van der Waals surface area contributed by atoms with Crippen LogP contribution in [0.15, 0.2) is 36.0 Å². The van der Waals surface area contributed by atoms with Crippen molar-refractivity contribution in [2.75, 3.05) is 47.4 Å². The van der Waals surface area contributed by atoms with Crippen LogP contribution in [0.5, 0.6) is 0 Å². The fourth-order valence-electron chi connectivity index (χ4n) is 9.47. The number of alkyl halides is 1. The fraction of sp³-hybridized carbons (Fsp3) is 0.745. The van der Waals surface area contributed by atoms with Gasteiger partial charge in [0, 0.05) is 58.8 Å². The molecule has 72 heavy (non-hydrogen) atoms. The Morgan fingerprint density at radius 2 is 1.39 bits per heavy atom. The zero-order valence-electron chi connectivity index (χ0n) is 44.2. The van der Waals surface area contributed by atoms with Crippen LogP contribution >= 0.6 is 11.6 Å². The number of allylic oxidation sites excluding steroid dienone is 4. The first-order valence-electron chi connectivity index (χ1n) is 24.5. The van der Waals surface area contributed by atoms with Gasteiger partial charge in [-0.15, -0.1) is 11.6 Å². The van der Waals surface area contributed by atoms with Crippen molar-refractivity contribution in [3.63, 3.8) is 0 Å². The van der Waals surface area contributed by atoms with Gasteiger partial charge in [-0.1, -0.05) is 44.6 Å². The van der Waals surface area contributed by atoms with Crippen LogP contribution in [0.4, 0.5) is 0 Å². The molecule has 0 aromatic heterocycles. The number of methoxy groups -OCH3 is 2. The second-order valence-electron chi connectivity index (χ2n) is 18.7. The molecule has 408 valence electrons. The van der Waals surface area contributed by atoms with Crippen molar-refractivity contribution in [2.45, 2.75) is 175 Å². The van der Waals surface area contributed by atoms with Crippen LogP contribution in [0.25, 0.3) is 0 Å². The minimum absolute atomic E-state index is 0.0826. The highest BCUT2D eigenvalue weighted by Crippen LogP contribution is 2.38. The summed E-state index contributed by atoms with van der Waals surface area (Å²) in [5, 5.41) is 0. The Bertz CT molecular complexity index is 1910. The van der Waals surface area contributed by atoms with Crippen molar-refractivity contribution >= 4 is 53.2 Å². The Labute approximate surface area is 428 Å². The molecule has 0 spiro atoms. The maximum Gasteiger partial charge on any atom is 0.330 e. The highest BCUT2D eigenvalue weighted by atomic mass is 35.5. The number of carbonyl (C=O) groups excluding carboxylic acids is 7. The summed E-state index contributed by atoms with van der Waals surface area (Å²) >= 11 is 6.02. The predicted octanol–water partition coefficient (Wildman–Crippen LogP) is 4.98. The van der Waals surface area contributed by atoms with Gasteiger partial charge >= 0.3 is 35.8 Å². The van der Waals surface area contributed by atoms with Crippen LogP contribution in [0.1, 0.15) is 94.9 Å². The molecular formula is C51H78ClNO19. The molecule has 2 saturated heterocycles.